The molecule has 0 saturated carbocycles. The molecule has 1 fully saturated rings. The van der Waals surface area contributed by atoms with Gasteiger partial charge in [-0.3, -0.25) is 19.2 Å². The lowest BCUT2D eigenvalue weighted by atomic mass is 9.87. The second kappa shape index (κ2) is 10.5. The second-order valence-corrected chi connectivity index (χ2v) is 9.24. The first-order valence-electron chi connectivity index (χ1n) is 11.3. The molecule has 34 heavy (non-hydrogen) atoms. The zero-order chi connectivity index (χ0) is 24.9. The Kier molecular flexibility index (Phi) is 7.75. The van der Waals surface area contributed by atoms with Crippen molar-refractivity contribution in [2.75, 3.05) is 32.7 Å². The van der Waals surface area contributed by atoms with Crippen molar-refractivity contribution in [3.8, 4) is 0 Å². The Morgan fingerprint density at radius 1 is 1.00 bits per heavy atom. The lowest BCUT2D eigenvalue weighted by molar-refractivity contribution is -0.158. The SMILES string of the molecule is C[C@H](OC(=O)CNC(=O)c1ccc(C(C)(C)C)cc1)C(=O)N1CCN(C(=O)c2ccco2)CC1. The van der Waals surface area contributed by atoms with Gasteiger partial charge in [-0.05, 0) is 42.2 Å². The van der Waals surface area contributed by atoms with Crippen LogP contribution in [-0.4, -0.2) is 72.3 Å². The molecule has 182 valence electrons. The first-order valence-corrected chi connectivity index (χ1v) is 11.3. The molecule has 9 nitrogen and oxygen atoms in total. The van der Waals surface area contributed by atoms with Crippen LogP contribution in [-0.2, 0) is 19.7 Å². The Morgan fingerprint density at radius 3 is 2.18 bits per heavy atom. The molecular weight excluding hydrogens is 438 g/mol. The summed E-state index contributed by atoms with van der Waals surface area (Å²) >= 11 is 0. The average molecular weight is 470 g/mol. The van der Waals surface area contributed by atoms with E-state index in [-0.39, 0.29) is 29.5 Å². The monoisotopic (exact) mass is 469 g/mol. The molecule has 0 unspecified atom stereocenters. The molecule has 1 aliphatic heterocycles. The van der Waals surface area contributed by atoms with E-state index in [0.717, 1.165) is 5.56 Å². The molecule has 3 amide bonds. The van der Waals surface area contributed by atoms with Crippen LogP contribution in [0.25, 0.3) is 0 Å². The molecule has 1 aromatic heterocycles. The highest BCUT2D eigenvalue weighted by Gasteiger charge is 2.29. The largest absolute Gasteiger partial charge is 0.459 e. The zero-order valence-electron chi connectivity index (χ0n) is 20.0. The Bertz CT molecular complexity index is 1020. The van der Waals surface area contributed by atoms with Gasteiger partial charge in [-0.1, -0.05) is 32.9 Å². The number of furan rings is 1. The topological polar surface area (TPSA) is 109 Å². The summed E-state index contributed by atoms with van der Waals surface area (Å²) in [4.78, 5) is 52.6. The Morgan fingerprint density at radius 2 is 1.62 bits per heavy atom. The molecule has 1 aromatic carbocycles. The molecule has 2 heterocycles. The summed E-state index contributed by atoms with van der Waals surface area (Å²) in [6.07, 6.45) is 0.441. The van der Waals surface area contributed by atoms with Crippen LogP contribution in [0, 0.1) is 0 Å². The van der Waals surface area contributed by atoms with Gasteiger partial charge in [-0.2, -0.15) is 0 Å². The molecule has 0 aliphatic carbocycles. The minimum atomic E-state index is -0.997. The maximum absolute atomic E-state index is 12.7. The van der Waals surface area contributed by atoms with Gasteiger partial charge in [0.15, 0.2) is 11.9 Å². The van der Waals surface area contributed by atoms with E-state index in [9.17, 15) is 19.2 Å². The van der Waals surface area contributed by atoms with E-state index in [2.05, 4.69) is 26.1 Å². The van der Waals surface area contributed by atoms with Crippen LogP contribution in [0.2, 0.25) is 0 Å². The number of ether oxygens (including phenoxy) is 1. The van der Waals surface area contributed by atoms with Gasteiger partial charge >= 0.3 is 5.97 Å². The molecule has 0 radical (unpaired) electrons. The van der Waals surface area contributed by atoms with E-state index in [4.69, 9.17) is 9.15 Å². The minimum absolute atomic E-state index is 0.0247. The molecule has 1 atom stereocenters. The number of benzene rings is 1. The van der Waals surface area contributed by atoms with Crippen LogP contribution >= 0.6 is 0 Å². The summed E-state index contributed by atoms with van der Waals surface area (Å²) in [6.45, 7) is 8.77. The Balaban J connectivity index is 1.42. The first-order chi connectivity index (χ1) is 16.1. The normalized spacial score (nSPS) is 14.9. The highest BCUT2D eigenvalue weighted by atomic mass is 16.5. The van der Waals surface area contributed by atoms with Gasteiger partial charge in [-0.15, -0.1) is 0 Å². The maximum Gasteiger partial charge on any atom is 0.326 e. The third-order valence-electron chi connectivity index (χ3n) is 5.67. The molecule has 1 aliphatic rings. The number of nitrogens with one attached hydrogen (secondary N) is 1. The Labute approximate surface area is 199 Å². The number of nitrogens with zero attached hydrogens (tertiary/aromatic N) is 2. The Hall–Kier alpha value is -3.62. The van der Waals surface area contributed by atoms with Crippen LogP contribution < -0.4 is 5.32 Å². The molecule has 1 saturated heterocycles. The standard InChI is InChI=1S/C25H31N3O6/c1-17(23(31)27-11-13-28(14-12-27)24(32)20-6-5-15-33-20)34-21(29)16-26-22(30)18-7-9-19(10-8-18)25(2,3)4/h5-10,15,17H,11-14,16H2,1-4H3,(H,26,30)/t17-/m0/s1. The second-order valence-electron chi connectivity index (χ2n) is 9.24. The van der Waals surface area contributed by atoms with Gasteiger partial charge in [0.25, 0.3) is 17.7 Å². The number of carbonyl (C=O) groups is 4. The predicted molar refractivity (Wildman–Crippen MR) is 124 cm³/mol. The van der Waals surface area contributed by atoms with E-state index < -0.39 is 18.0 Å². The smallest absolute Gasteiger partial charge is 0.326 e. The summed E-state index contributed by atoms with van der Waals surface area (Å²) < 4.78 is 10.3. The fraction of sp³-hybridized carbons (Fsp3) is 0.440. The van der Waals surface area contributed by atoms with Gasteiger partial charge < -0.3 is 24.3 Å². The predicted octanol–water partition coefficient (Wildman–Crippen LogP) is 2.22. The lowest BCUT2D eigenvalue weighted by Crippen LogP contribution is -2.53. The van der Waals surface area contributed by atoms with Crippen molar-refractivity contribution < 1.29 is 28.3 Å². The van der Waals surface area contributed by atoms with Crippen LogP contribution in [0.3, 0.4) is 0 Å². The number of piperazine rings is 1. The zero-order valence-corrected chi connectivity index (χ0v) is 20.0. The van der Waals surface area contributed by atoms with Crippen LogP contribution in [0.5, 0.6) is 0 Å². The van der Waals surface area contributed by atoms with Crippen molar-refractivity contribution in [1.82, 2.24) is 15.1 Å². The van der Waals surface area contributed by atoms with Gasteiger partial charge in [0.1, 0.15) is 6.54 Å². The highest BCUT2D eigenvalue weighted by Crippen LogP contribution is 2.22. The van der Waals surface area contributed by atoms with Gasteiger partial charge in [0.2, 0.25) is 0 Å². The van der Waals surface area contributed by atoms with Crippen LogP contribution in [0.1, 0.15) is 54.2 Å². The number of hydrogen-bond donors (Lipinski definition) is 1. The van der Waals surface area contributed by atoms with E-state index in [1.165, 1.54) is 13.2 Å². The first kappa shape index (κ1) is 25.0. The quantitative estimate of drug-likeness (QED) is 0.650. The molecule has 1 N–H and O–H groups in total. The van der Waals surface area contributed by atoms with Crippen molar-refractivity contribution in [1.29, 1.82) is 0 Å². The lowest BCUT2D eigenvalue weighted by Gasteiger charge is -2.35. The number of esters is 1. The third kappa shape index (κ3) is 6.24. The van der Waals surface area contributed by atoms with E-state index in [0.29, 0.717) is 31.7 Å². The van der Waals surface area contributed by atoms with Crippen LogP contribution in [0.15, 0.2) is 47.1 Å². The fourth-order valence-corrected chi connectivity index (χ4v) is 3.61. The van der Waals surface area contributed by atoms with E-state index in [1.807, 2.05) is 12.1 Å². The molecule has 0 bridgehead atoms. The number of amides is 3. The van der Waals surface area contributed by atoms with Gasteiger partial charge in [-0.25, -0.2) is 0 Å². The fourth-order valence-electron chi connectivity index (χ4n) is 3.61. The van der Waals surface area contributed by atoms with Crippen molar-refractivity contribution in [2.45, 2.75) is 39.2 Å². The van der Waals surface area contributed by atoms with Gasteiger partial charge in [0.05, 0.1) is 6.26 Å². The molecule has 2 aromatic rings. The summed E-state index contributed by atoms with van der Waals surface area (Å²) in [6, 6.07) is 10.4. The van der Waals surface area contributed by atoms with Crippen molar-refractivity contribution >= 4 is 23.7 Å². The minimum Gasteiger partial charge on any atom is -0.459 e. The molecule has 3 rings (SSSR count). The van der Waals surface area contributed by atoms with Gasteiger partial charge in [0, 0.05) is 31.7 Å². The molecule has 0 spiro atoms. The van der Waals surface area contributed by atoms with Crippen LogP contribution in [0.4, 0.5) is 0 Å². The summed E-state index contributed by atoms with van der Waals surface area (Å²) in [5.41, 5.74) is 1.51. The molecule has 9 heteroatoms. The number of carbonyl (C=O) groups excluding carboxylic acids is 4. The average Bonchev–Trinajstić information content (AvgIpc) is 3.36. The van der Waals surface area contributed by atoms with E-state index >= 15 is 0 Å². The highest BCUT2D eigenvalue weighted by molar-refractivity contribution is 5.96. The van der Waals surface area contributed by atoms with Crippen molar-refractivity contribution in [3.05, 3.63) is 59.5 Å². The summed E-state index contributed by atoms with van der Waals surface area (Å²) in [5.74, 6) is -1.40. The maximum atomic E-state index is 12.7. The van der Waals surface area contributed by atoms with Crippen molar-refractivity contribution in [3.63, 3.8) is 0 Å². The number of rotatable bonds is 6. The summed E-state index contributed by atoms with van der Waals surface area (Å²) in [7, 11) is 0. The van der Waals surface area contributed by atoms with Crippen molar-refractivity contribution in [2.24, 2.45) is 0 Å². The van der Waals surface area contributed by atoms with E-state index in [1.54, 1.807) is 34.1 Å². The number of hydrogen-bond acceptors (Lipinski definition) is 6. The molecular formula is C25H31N3O6. The summed E-state index contributed by atoms with van der Waals surface area (Å²) in [5, 5.41) is 2.52. The third-order valence-corrected chi connectivity index (χ3v) is 5.67.